The van der Waals surface area contributed by atoms with Crippen LogP contribution in [0.1, 0.15) is 39.0 Å². The first-order chi connectivity index (χ1) is 8.15. The number of carbonyl (C=O) groups excluding carboxylic acids is 1. The van der Waals surface area contributed by atoms with Crippen LogP contribution in [-0.4, -0.2) is 37.2 Å². The summed E-state index contributed by atoms with van der Waals surface area (Å²) in [4.78, 5) is 14.2. The first kappa shape index (κ1) is 12.9. The second-order valence-electron chi connectivity index (χ2n) is 5.83. The standard InChI is InChI=1S/C13H24BN2O/c1-10-9-16(7-6-14-10)13(17)8-11-2-4-12(15)5-3-11/h10-12H,2-9,15H2,1H3/t10-,11?,12?/m1/s1. The van der Waals surface area contributed by atoms with Crippen LogP contribution in [0.15, 0.2) is 0 Å². The van der Waals surface area contributed by atoms with Crippen molar-refractivity contribution in [1.82, 2.24) is 4.90 Å². The van der Waals surface area contributed by atoms with Crippen LogP contribution in [0.2, 0.25) is 12.1 Å². The summed E-state index contributed by atoms with van der Waals surface area (Å²) in [7, 11) is 2.32. The van der Waals surface area contributed by atoms with Crippen molar-refractivity contribution in [3.63, 3.8) is 0 Å². The summed E-state index contributed by atoms with van der Waals surface area (Å²) in [5.74, 6) is 1.52. The van der Waals surface area contributed by atoms with Crippen LogP contribution in [0.3, 0.4) is 0 Å². The molecule has 4 heteroatoms. The quantitative estimate of drug-likeness (QED) is 0.740. The van der Waals surface area contributed by atoms with Gasteiger partial charge in [0.05, 0.1) is 0 Å². The summed E-state index contributed by atoms with van der Waals surface area (Å²) in [5, 5.41) is 0. The second kappa shape index (κ2) is 5.90. The van der Waals surface area contributed by atoms with Gasteiger partial charge in [-0.2, -0.15) is 0 Å². The van der Waals surface area contributed by atoms with Crippen LogP contribution in [0, 0.1) is 5.92 Å². The van der Waals surface area contributed by atoms with Gasteiger partial charge in [-0.3, -0.25) is 4.79 Å². The number of nitrogens with zero attached hydrogens (tertiary/aromatic N) is 1. The summed E-state index contributed by atoms with van der Waals surface area (Å²) in [6.07, 6.45) is 6.29. The molecule has 2 fully saturated rings. The van der Waals surface area contributed by atoms with Crippen LogP contribution in [0.4, 0.5) is 0 Å². The van der Waals surface area contributed by atoms with Gasteiger partial charge < -0.3 is 10.6 Å². The molecule has 1 radical (unpaired) electrons. The molecule has 3 nitrogen and oxygen atoms in total. The Balaban J connectivity index is 1.76. The minimum Gasteiger partial charge on any atom is -0.344 e. The molecule has 1 heterocycles. The molecule has 2 aliphatic rings. The molecule has 2 rings (SSSR count). The SMILES string of the molecule is C[C@H]1[B]CCN(C(=O)CC2CCC(N)CC2)C1. The highest BCUT2D eigenvalue weighted by atomic mass is 16.2. The molecule has 1 aliphatic carbocycles. The van der Waals surface area contributed by atoms with E-state index in [0.717, 1.165) is 51.5 Å². The first-order valence-electron chi connectivity index (χ1n) is 7.02. The number of carbonyl (C=O) groups is 1. The maximum absolute atomic E-state index is 12.2. The third-order valence-corrected chi connectivity index (χ3v) is 4.18. The number of rotatable bonds is 2. The molecule has 0 aromatic heterocycles. The lowest BCUT2D eigenvalue weighted by Gasteiger charge is -2.33. The third kappa shape index (κ3) is 3.73. The molecule has 0 bridgehead atoms. The van der Waals surface area contributed by atoms with E-state index in [1.807, 2.05) is 0 Å². The molecule has 1 aliphatic heterocycles. The van der Waals surface area contributed by atoms with Crippen molar-refractivity contribution in [2.24, 2.45) is 11.7 Å². The fourth-order valence-corrected chi connectivity index (χ4v) is 3.02. The van der Waals surface area contributed by atoms with Crippen molar-refractivity contribution in [3.8, 4) is 0 Å². The Morgan fingerprint density at radius 3 is 2.71 bits per heavy atom. The normalized spacial score (nSPS) is 34.2. The van der Waals surface area contributed by atoms with E-state index in [2.05, 4.69) is 19.1 Å². The van der Waals surface area contributed by atoms with E-state index in [0.29, 0.717) is 23.7 Å². The molecule has 1 saturated carbocycles. The Bertz CT molecular complexity index is 264. The van der Waals surface area contributed by atoms with Crippen molar-refractivity contribution >= 4 is 13.2 Å². The Morgan fingerprint density at radius 2 is 2.06 bits per heavy atom. The van der Waals surface area contributed by atoms with Gasteiger partial charge >= 0.3 is 0 Å². The molecule has 1 amide bonds. The third-order valence-electron chi connectivity index (χ3n) is 4.18. The van der Waals surface area contributed by atoms with Crippen LogP contribution in [0.5, 0.6) is 0 Å². The fraction of sp³-hybridized carbons (Fsp3) is 0.923. The zero-order chi connectivity index (χ0) is 12.3. The maximum atomic E-state index is 12.2. The van der Waals surface area contributed by atoms with Gasteiger partial charge in [0.1, 0.15) is 7.28 Å². The average Bonchev–Trinajstić information content (AvgIpc) is 2.32. The molecule has 0 aromatic carbocycles. The van der Waals surface area contributed by atoms with E-state index in [1.165, 1.54) is 0 Å². The number of nitrogens with two attached hydrogens (primary N) is 1. The Morgan fingerprint density at radius 1 is 1.35 bits per heavy atom. The van der Waals surface area contributed by atoms with Crippen molar-refractivity contribution in [1.29, 1.82) is 0 Å². The highest BCUT2D eigenvalue weighted by molar-refractivity contribution is 6.38. The molecule has 0 unspecified atom stereocenters. The van der Waals surface area contributed by atoms with Gasteiger partial charge in [0, 0.05) is 25.6 Å². The summed E-state index contributed by atoms with van der Waals surface area (Å²) in [6.45, 7) is 4.04. The molecule has 95 valence electrons. The van der Waals surface area contributed by atoms with Crippen LogP contribution < -0.4 is 5.73 Å². The van der Waals surface area contributed by atoms with Gasteiger partial charge in [0.25, 0.3) is 0 Å². The van der Waals surface area contributed by atoms with Crippen molar-refractivity contribution in [2.45, 2.75) is 57.2 Å². The van der Waals surface area contributed by atoms with Crippen molar-refractivity contribution in [2.75, 3.05) is 13.1 Å². The average molecular weight is 235 g/mol. The summed E-state index contributed by atoms with van der Waals surface area (Å²) in [6, 6.07) is 0.381. The van der Waals surface area contributed by atoms with Gasteiger partial charge in [0.2, 0.25) is 5.91 Å². The monoisotopic (exact) mass is 235 g/mol. The highest BCUT2D eigenvalue weighted by Gasteiger charge is 2.26. The minimum absolute atomic E-state index is 0.366. The molecule has 1 atom stereocenters. The Kier molecular flexibility index (Phi) is 4.49. The maximum Gasteiger partial charge on any atom is 0.222 e. The molecule has 0 aromatic rings. The first-order valence-corrected chi connectivity index (χ1v) is 7.02. The minimum atomic E-state index is 0.366. The van der Waals surface area contributed by atoms with Crippen molar-refractivity contribution in [3.05, 3.63) is 0 Å². The lowest BCUT2D eigenvalue weighted by molar-refractivity contribution is -0.132. The molecule has 17 heavy (non-hydrogen) atoms. The van der Waals surface area contributed by atoms with E-state index < -0.39 is 0 Å². The molecule has 0 spiro atoms. The van der Waals surface area contributed by atoms with Gasteiger partial charge in [-0.15, -0.1) is 0 Å². The van der Waals surface area contributed by atoms with Crippen molar-refractivity contribution < 1.29 is 4.79 Å². The van der Waals surface area contributed by atoms with Crippen LogP contribution in [0.25, 0.3) is 0 Å². The molecular formula is C13H24BN2O. The summed E-state index contributed by atoms with van der Waals surface area (Å²) >= 11 is 0. The van der Waals surface area contributed by atoms with Gasteiger partial charge in [-0.1, -0.05) is 19.1 Å². The van der Waals surface area contributed by atoms with E-state index in [4.69, 9.17) is 5.73 Å². The van der Waals surface area contributed by atoms with E-state index >= 15 is 0 Å². The van der Waals surface area contributed by atoms with Gasteiger partial charge in [-0.25, -0.2) is 0 Å². The van der Waals surface area contributed by atoms with E-state index in [-0.39, 0.29) is 0 Å². The van der Waals surface area contributed by atoms with Gasteiger partial charge in [-0.05, 0) is 31.6 Å². The Labute approximate surface area is 105 Å². The largest absolute Gasteiger partial charge is 0.344 e. The fourth-order valence-electron chi connectivity index (χ4n) is 3.02. The summed E-state index contributed by atoms with van der Waals surface area (Å²) in [5.41, 5.74) is 5.89. The van der Waals surface area contributed by atoms with Crippen LogP contribution in [-0.2, 0) is 4.79 Å². The second-order valence-corrected chi connectivity index (χ2v) is 5.83. The zero-order valence-corrected chi connectivity index (χ0v) is 10.9. The number of hydrogen-bond acceptors (Lipinski definition) is 2. The van der Waals surface area contributed by atoms with E-state index in [9.17, 15) is 4.79 Å². The molecular weight excluding hydrogens is 211 g/mol. The lowest BCUT2D eigenvalue weighted by atomic mass is 9.60. The Hall–Kier alpha value is -0.505. The highest BCUT2D eigenvalue weighted by Crippen LogP contribution is 2.27. The number of amides is 1. The molecule has 1 saturated heterocycles. The predicted octanol–water partition coefficient (Wildman–Crippen LogP) is 1.67. The lowest BCUT2D eigenvalue weighted by Crippen LogP contribution is -2.40. The topological polar surface area (TPSA) is 46.3 Å². The number of hydrogen-bond donors (Lipinski definition) is 1. The smallest absolute Gasteiger partial charge is 0.222 e. The zero-order valence-electron chi connectivity index (χ0n) is 10.9. The molecule has 2 N–H and O–H groups in total. The summed E-state index contributed by atoms with van der Waals surface area (Å²) < 4.78 is 0. The predicted molar refractivity (Wildman–Crippen MR) is 71.1 cm³/mol. The van der Waals surface area contributed by atoms with Crippen LogP contribution >= 0.6 is 0 Å². The van der Waals surface area contributed by atoms with E-state index in [1.54, 1.807) is 0 Å². The van der Waals surface area contributed by atoms with Gasteiger partial charge in [0.15, 0.2) is 0 Å².